The minimum atomic E-state index is 0. The molecule has 0 bridgehead atoms. The Labute approximate surface area is 169 Å². The Morgan fingerprint density at radius 3 is 2.72 bits per heavy atom. The number of guanidine groups is 1. The Bertz CT molecular complexity index is 426. The van der Waals surface area contributed by atoms with Gasteiger partial charge in [-0.05, 0) is 44.4 Å². The molecule has 0 aromatic carbocycles. The lowest BCUT2D eigenvalue weighted by atomic mass is 10.0. The van der Waals surface area contributed by atoms with Crippen LogP contribution in [0.4, 0.5) is 0 Å². The third-order valence-electron chi connectivity index (χ3n) is 5.47. The molecule has 2 atom stereocenters. The molecule has 0 aromatic heterocycles. The highest BCUT2D eigenvalue weighted by Crippen LogP contribution is 2.49. The molecule has 1 aliphatic carbocycles. The van der Waals surface area contributed by atoms with E-state index in [9.17, 15) is 0 Å². The number of halogens is 1. The summed E-state index contributed by atoms with van der Waals surface area (Å²) >= 11 is 0. The van der Waals surface area contributed by atoms with E-state index in [1.165, 1.54) is 12.8 Å². The normalized spacial score (nSPS) is 28.6. The minimum Gasteiger partial charge on any atom is -0.385 e. The summed E-state index contributed by atoms with van der Waals surface area (Å²) in [5, 5.41) is 3.47. The van der Waals surface area contributed by atoms with E-state index in [0.717, 1.165) is 71.2 Å². The summed E-state index contributed by atoms with van der Waals surface area (Å²) in [7, 11) is 1.78. The molecule has 146 valence electrons. The molecule has 0 radical (unpaired) electrons. The molecule has 3 fully saturated rings. The topological polar surface area (TPSA) is 55.3 Å². The van der Waals surface area contributed by atoms with Gasteiger partial charge in [-0.15, -0.1) is 24.0 Å². The fourth-order valence-electron chi connectivity index (χ4n) is 3.64. The van der Waals surface area contributed by atoms with Crippen LogP contribution in [0.3, 0.4) is 0 Å². The Hall–Kier alpha value is -0.120. The van der Waals surface area contributed by atoms with Gasteiger partial charge in [0.05, 0.1) is 12.7 Å². The fraction of sp³-hybridized carbons (Fsp3) is 0.944. The first-order valence-electron chi connectivity index (χ1n) is 9.52. The van der Waals surface area contributed by atoms with Crippen LogP contribution in [-0.4, -0.2) is 76.2 Å². The van der Waals surface area contributed by atoms with Gasteiger partial charge in [0.15, 0.2) is 5.96 Å². The van der Waals surface area contributed by atoms with Gasteiger partial charge >= 0.3 is 0 Å². The van der Waals surface area contributed by atoms with E-state index in [4.69, 9.17) is 19.2 Å². The molecule has 3 aliphatic rings. The molecule has 0 aromatic rings. The summed E-state index contributed by atoms with van der Waals surface area (Å²) in [6, 6.07) is 0. The Kier molecular flexibility index (Phi) is 8.71. The summed E-state index contributed by atoms with van der Waals surface area (Å²) in [6.07, 6.45) is 6.38. The summed E-state index contributed by atoms with van der Waals surface area (Å²) in [6.45, 7) is 8.18. The van der Waals surface area contributed by atoms with E-state index < -0.39 is 0 Å². The van der Waals surface area contributed by atoms with E-state index >= 15 is 0 Å². The number of aliphatic imine (C=N–C) groups is 1. The lowest BCUT2D eigenvalue weighted by Crippen LogP contribution is -2.53. The van der Waals surface area contributed by atoms with Crippen molar-refractivity contribution in [2.75, 3.05) is 53.1 Å². The fourth-order valence-corrected chi connectivity index (χ4v) is 3.64. The molecule has 7 heteroatoms. The number of methoxy groups -OCH3 is 1. The largest absolute Gasteiger partial charge is 0.385 e. The first kappa shape index (κ1) is 21.2. The second-order valence-electron chi connectivity index (χ2n) is 7.32. The highest BCUT2D eigenvalue weighted by molar-refractivity contribution is 14.0. The molecule has 2 aliphatic heterocycles. The number of rotatable bonds is 7. The Morgan fingerprint density at radius 1 is 1.28 bits per heavy atom. The van der Waals surface area contributed by atoms with E-state index in [1.807, 2.05) is 0 Å². The molecule has 0 spiro atoms. The van der Waals surface area contributed by atoms with Crippen molar-refractivity contribution >= 4 is 29.9 Å². The monoisotopic (exact) mass is 467 g/mol. The summed E-state index contributed by atoms with van der Waals surface area (Å²) < 4.78 is 17.0. The zero-order valence-corrected chi connectivity index (χ0v) is 18.0. The van der Waals surface area contributed by atoms with Crippen LogP contribution in [0.5, 0.6) is 0 Å². The first-order valence-corrected chi connectivity index (χ1v) is 9.52. The quantitative estimate of drug-likeness (QED) is 0.354. The van der Waals surface area contributed by atoms with Gasteiger partial charge in [0.1, 0.15) is 6.10 Å². The molecule has 3 rings (SSSR count). The lowest BCUT2D eigenvalue weighted by Gasteiger charge is -2.37. The third-order valence-corrected chi connectivity index (χ3v) is 5.47. The Balaban J connectivity index is 0.00000225. The van der Waals surface area contributed by atoms with E-state index in [-0.39, 0.29) is 36.2 Å². The summed E-state index contributed by atoms with van der Waals surface area (Å²) in [4.78, 5) is 7.32. The van der Waals surface area contributed by atoms with E-state index in [0.29, 0.717) is 5.41 Å². The highest BCUT2D eigenvalue weighted by atomic mass is 127. The number of ether oxygens (including phenoxy) is 3. The lowest BCUT2D eigenvalue weighted by molar-refractivity contribution is -0.0817. The maximum atomic E-state index is 5.97. The van der Waals surface area contributed by atoms with Crippen molar-refractivity contribution in [1.82, 2.24) is 10.2 Å². The van der Waals surface area contributed by atoms with Crippen LogP contribution in [0.15, 0.2) is 4.99 Å². The van der Waals surface area contributed by atoms with Crippen LogP contribution in [0.2, 0.25) is 0 Å². The third kappa shape index (κ3) is 5.94. The molecular formula is C18H34IN3O3. The average Bonchev–Trinajstić information content (AvgIpc) is 3.16. The van der Waals surface area contributed by atoms with Crippen molar-refractivity contribution in [2.45, 2.75) is 51.2 Å². The van der Waals surface area contributed by atoms with Gasteiger partial charge in [0.2, 0.25) is 0 Å². The van der Waals surface area contributed by atoms with Gasteiger partial charge in [-0.3, -0.25) is 4.99 Å². The zero-order valence-electron chi connectivity index (χ0n) is 15.7. The molecular weight excluding hydrogens is 433 g/mol. The maximum Gasteiger partial charge on any atom is 0.194 e. The molecule has 6 nitrogen and oxygen atoms in total. The number of hydrogen-bond donors (Lipinski definition) is 1. The molecule has 2 heterocycles. The maximum absolute atomic E-state index is 5.97. The van der Waals surface area contributed by atoms with Gasteiger partial charge < -0.3 is 24.4 Å². The molecule has 0 amide bonds. The zero-order chi connectivity index (χ0) is 16.8. The highest BCUT2D eigenvalue weighted by Gasteiger charge is 2.42. The van der Waals surface area contributed by atoms with Crippen molar-refractivity contribution in [3.8, 4) is 0 Å². The van der Waals surface area contributed by atoms with Crippen molar-refractivity contribution in [1.29, 1.82) is 0 Å². The second kappa shape index (κ2) is 10.3. The first-order chi connectivity index (χ1) is 11.8. The summed E-state index contributed by atoms with van der Waals surface area (Å²) in [5.41, 5.74) is 0.386. The number of nitrogens with zero attached hydrogens (tertiary/aromatic N) is 2. The van der Waals surface area contributed by atoms with Crippen LogP contribution in [-0.2, 0) is 14.2 Å². The van der Waals surface area contributed by atoms with Crippen LogP contribution in [0, 0.1) is 5.41 Å². The van der Waals surface area contributed by atoms with Crippen LogP contribution in [0.1, 0.15) is 39.0 Å². The average molecular weight is 467 g/mol. The van der Waals surface area contributed by atoms with E-state index in [2.05, 4.69) is 17.1 Å². The van der Waals surface area contributed by atoms with Crippen molar-refractivity contribution in [3.63, 3.8) is 0 Å². The smallest absolute Gasteiger partial charge is 0.194 e. The molecule has 25 heavy (non-hydrogen) atoms. The SMILES string of the molecule is CCNC(=NCC1(CCOC)CC1)N1CCOC(C2CCCO2)C1.I. The van der Waals surface area contributed by atoms with Crippen molar-refractivity contribution in [2.24, 2.45) is 10.4 Å². The van der Waals surface area contributed by atoms with Gasteiger partial charge in [-0.25, -0.2) is 0 Å². The molecule has 2 unspecified atom stereocenters. The van der Waals surface area contributed by atoms with Gasteiger partial charge in [-0.2, -0.15) is 0 Å². The van der Waals surface area contributed by atoms with Gasteiger partial charge in [-0.1, -0.05) is 0 Å². The summed E-state index contributed by atoms with van der Waals surface area (Å²) in [5.74, 6) is 1.03. The van der Waals surface area contributed by atoms with Crippen molar-refractivity contribution < 1.29 is 14.2 Å². The van der Waals surface area contributed by atoms with E-state index in [1.54, 1.807) is 7.11 Å². The van der Waals surface area contributed by atoms with Crippen molar-refractivity contribution in [3.05, 3.63) is 0 Å². The number of morpholine rings is 1. The minimum absolute atomic E-state index is 0. The molecule has 2 saturated heterocycles. The van der Waals surface area contributed by atoms with Gasteiger partial charge in [0, 0.05) is 46.5 Å². The molecule has 1 saturated carbocycles. The predicted octanol–water partition coefficient (Wildman–Crippen LogP) is 2.27. The number of nitrogens with one attached hydrogen (secondary N) is 1. The van der Waals surface area contributed by atoms with Crippen LogP contribution in [0.25, 0.3) is 0 Å². The standard InChI is InChI=1S/C18H33N3O3.HI/c1-3-19-17(20-14-18(6-7-18)8-11-22-2)21-9-12-24-16(13-21)15-5-4-10-23-15;/h15-16H,3-14H2,1-2H3,(H,19,20);1H. The van der Waals surface area contributed by atoms with Gasteiger partial charge in [0.25, 0.3) is 0 Å². The molecule has 1 N–H and O–H groups in total. The van der Waals surface area contributed by atoms with Crippen LogP contribution < -0.4 is 5.32 Å². The predicted molar refractivity (Wildman–Crippen MR) is 110 cm³/mol. The van der Waals surface area contributed by atoms with Crippen LogP contribution >= 0.6 is 24.0 Å². The Morgan fingerprint density at radius 2 is 2.08 bits per heavy atom. The number of hydrogen-bond acceptors (Lipinski definition) is 4. The second-order valence-corrected chi connectivity index (χ2v) is 7.32.